The highest BCUT2D eigenvalue weighted by atomic mass is 16.3. The van der Waals surface area contributed by atoms with Crippen LogP contribution in [0.1, 0.15) is 43.0 Å². The van der Waals surface area contributed by atoms with E-state index in [1.54, 1.807) is 12.3 Å². The number of nitrogens with one attached hydrogen (secondary N) is 1. The summed E-state index contributed by atoms with van der Waals surface area (Å²) in [6.45, 7) is 1.99. The third-order valence-corrected chi connectivity index (χ3v) is 3.55. The van der Waals surface area contributed by atoms with Gasteiger partial charge in [-0.05, 0) is 30.5 Å². The molecule has 0 aliphatic heterocycles. The van der Waals surface area contributed by atoms with Crippen LogP contribution >= 0.6 is 0 Å². The fourth-order valence-electron chi connectivity index (χ4n) is 2.43. The molecule has 2 aromatic rings. The summed E-state index contributed by atoms with van der Waals surface area (Å²) in [4.78, 5) is 12.5. The van der Waals surface area contributed by atoms with Crippen LogP contribution in [-0.2, 0) is 4.79 Å². The van der Waals surface area contributed by atoms with Crippen LogP contribution in [0.3, 0.4) is 0 Å². The summed E-state index contributed by atoms with van der Waals surface area (Å²) in [5.41, 5.74) is 1.000. The Morgan fingerprint density at radius 2 is 2.00 bits per heavy atom. The average Bonchev–Trinajstić information content (AvgIpc) is 3.03. The second-order valence-corrected chi connectivity index (χ2v) is 4.96. The maximum Gasteiger partial charge on any atom is 0.228 e. The van der Waals surface area contributed by atoms with Crippen LogP contribution < -0.4 is 5.32 Å². The van der Waals surface area contributed by atoms with Crippen molar-refractivity contribution < 1.29 is 14.3 Å². The molecule has 0 saturated carbocycles. The third kappa shape index (κ3) is 3.95. The summed E-state index contributed by atoms with van der Waals surface area (Å²) in [6.07, 6.45) is 2.73. The lowest BCUT2D eigenvalue weighted by Crippen LogP contribution is -2.33. The van der Waals surface area contributed by atoms with Gasteiger partial charge in [0.05, 0.1) is 18.2 Å². The highest BCUT2D eigenvalue weighted by Gasteiger charge is 2.23. The van der Waals surface area contributed by atoms with E-state index in [9.17, 15) is 4.79 Å². The molecular formula is C17H21NO3. The van der Waals surface area contributed by atoms with Crippen LogP contribution in [0.25, 0.3) is 0 Å². The van der Waals surface area contributed by atoms with Gasteiger partial charge in [0.1, 0.15) is 5.76 Å². The van der Waals surface area contributed by atoms with Crippen LogP contribution in [0.4, 0.5) is 0 Å². The van der Waals surface area contributed by atoms with Gasteiger partial charge in [-0.25, -0.2) is 0 Å². The van der Waals surface area contributed by atoms with Crippen molar-refractivity contribution in [1.82, 2.24) is 5.32 Å². The molecule has 0 aliphatic rings. The molecular weight excluding hydrogens is 266 g/mol. The standard InChI is InChI=1S/C17H21NO3/c1-2-14(13-7-4-3-5-8-13)17(20)18-15(10-11-19)16-9-6-12-21-16/h3-9,12,14-15,19H,2,10-11H2,1H3,(H,18,20). The fourth-order valence-corrected chi connectivity index (χ4v) is 2.43. The van der Waals surface area contributed by atoms with E-state index in [1.807, 2.05) is 43.3 Å². The van der Waals surface area contributed by atoms with Crippen LogP contribution in [0, 0.1) is 0 Å². The monoisotopic (exact) mass is 287 g/mol. The number of hydrogen-bond acceptors (Lipinski definition) is 3. The van der Waals surface area contributed by atoms with Crippen LogP contribution in [0.15, 0.2) is 53.1 Å². The van der Waals surface area contributed by atoms with Crippen LogP contribution in [-0.4, -0.2) is 17.6 Å². The quantitative estimate of drug-likeness (QED) is 0.823. The number of rotatable bonds is 7. The Labute approximate surface area is 124 Å². The molecule has 0 fully saturated rings. The number of carbonyl (C=O) groups is 1. The van der Waals surface area contributed by atoms with Gasteiger partial charge in [-0.3, -0.25) is 4.79 Å². The topological polar surface area (TPSA) is 62.5 Å². The molecule has 4 heteroatoms. The van der Waals surface area contributed by atoms with Crippen molar-refractivity contribution >= 4 is 5.91 Å². The summed E-state index contributed by atoms with van der Waals surface area (Å²) >= 11 is 0. The highest BCUT2D eigenvalue weighted by Crippen LogP contribution is 2.23. The highest BCUT2D eigenvalue weighted by molar-refractivity contribution is 5.83. The van der Waals surface area contributed by atoms with Crippen molar-refractivity contribution in [2.24, 2.45) is 0 Å². The molecule has 1 aromatic heterocycles. The fraction of sp³-hybridized carbons (Fsp3) is 0.353. The minimum Gasteiger partial charge on any atom is -0.467 e. The Morgan fingerprint density at radius 3 is 2.57 bits per heavy atom. The van der Waals surface area contributed by atoms with Crippen molar-refractivity contribution in [3.8, 4) is 0 Å². The molecule has 4 nitrogen and oxygen atoms in total. The Hall–Kier alpha value is -2.07. The molecule has 2 rings (SSSR count). The Balaban J connectivity index is 2.10. The number of benzene rings is 1. The summed E-state index contributed by atoms with van der Waals surface area (Å²) in [7, 11) is 0. The van der Waals surface area contributed by atoms with E-state index in [0.717, 1.165) is 12.0 Å². The van der Waals surface area contributed by atoms with E-state index >= 15 is 0 Å². The molecule has 0 radical (unpaired) electrons. The minimum absolute atomic E-state index is 0.00618. The van der Waals surface area contributed by atoms with E-state index < -0.39 is 0 Å². The average molecular weight is 287 g/mol. The van der Waals surface area contributed by atoms with Gasteiger partial charge in [-0.15, -0.1) is 0 Å². The largest absolute Gasteiger partial charge is 0.467 e. The van der Waals surface area contributed by atoms with Gasteiger partial charge in [0.25, 0.3) is 0 Å². The maximum absolute atomic E-state index is 12.5. The molecule has 0 aliphatic carbocycles. The van der Waals surface area contributed by atoms with Gasteiger partial charge < -0.3 is 14.8 Å². The molecule has 21 heavy (non-hydrogen) atoms. The SMILES string of the molecule is CCC(C(=O)NC(CCO)c1ccco1)c1ccccc1. The zero-order valence-electron chi connectivity index (χ0n) is 12.2. The molecule has 0 saturated heterocycles. The predicted molar refractivity (Wildman–Crippen MR) is 80.8 cm³/mol. The van der Waals surface area contributed by atoms with Crippen molar-refractivity contribution in [2.45, 2.75) is 31.7 Å². The van der Waals surface area contributed by atoms with Crippen LogP contribution in [0.5, 0.6) is 0 Å². The summed E-state index contributed by atoms with van der Waals surface area (Å²) < 4.78 is 5.34. The first kappa shape index (κ1) is 15.3. The van der Waals surface area contributed by atoms with E-state index in [0.29, 0.717) is 12.2 Å². The lowest BCUT2D eigenvalue weighted by atomic mass is 9.95. The third-order valence-electron chi connectivity index (χ3n) is 3.55. The number of hydrogen-bond donors (Lipinski definition) is 2. The lowest BCUT2D eigenvalue weighted by Gasteiger charge is -2.20. The van der Waals surface area contributed by atoms with E-state index in [-0.39, 0.29) is 24.5 Å². The molecule has 1 amide bonds. The molecule has 2 unspecified atom stereocenters. The lowest BCUT2D eigenvalue weighted by molar-refractivity contribution is -0.123. The zero-order valence-corrected chi connectivity index (χ0v) is 12.2. The first-order chi connectivity index (χ1) is 10.3. The van der Waals surface area contributed by atoms with Gasteiger partial charge in [0, 0.05) is 6.61 Å². The normalized spacial score (nSPS) is 13.6. The first-order valence-corrected chi connectivity index (χ1v) is 7.25. The van der Waals surface area contributed by atoms with Crippen molar-refractivity contribution in [2.75, 3.05) is 6.61 Å². The molecule has 1 aromatic carbocycles. The van der Waals surface area contributed by atoms with Crippen molar-refractivity contribution in [1.29, 1.82) is 0 Å². The van der Waals surface area contributed by atoms with E-state index in [1.165, 1.54) is 0 Å². The van der Waals surface area contributed by atoms with Crippen LogP contribution in [0.2, 0.25) is 0 Å². The summed E-state index contributed by atoms with van der Waals surface area (Å²) in [6, 6.07) is 13.0. The number of carbonyl (C=O) groups excluding carboxylic acids is 1. The Kier molecular flexibility index (Phi) is 5.58. The van der Waals surface area contributed by atoms with E-state index in [4.69, 9.17) is 9.52 Å². The number of amides is 1. The molecule has 0 bridgehead atoms. The van der Waals surface area contributed by atoms with Gasteiger partial charge in [-0.1, -0.05) is 37.3 Å². The molecule has 112 valence electrons. The minimum atomic E-state index is -0.296. The number of aliphatic hydroxyl groups is 1. The van der Waals surface area contributed by atoms with Gasteiger partial charge in [-0.2, -0.15) is 0 Å². The second kappa shape index (κ2) is 7.64. The van der Waals surface area contributed by atoms with Gasteiger partial charge in [0.2, 0.25) is 5.91 Å². The van der Waals surface area contributed by atoms with Crippen molar-refractivity contribution in [3.63, 3.8) is 0 Å². The maximum atomic E-state index is 12.5. The molecule has 2 atom stereocenters. The molecule has 2 N–H and O–H groups in total. The first-order valence-electron chi connectivity index (χ1n) is 7.25. The molecule has 1 heterocycles. The Bertz CT molecular complexity index is 536. The molecule has 0 spiro atoms. The van der Waals surface area contributed by atoms with Crippen molar-refractivity contribution in [3.05, 3.63) is 60.1 Å². The summed E-state index contributed by atoms with van der Waals surface area (Å²) in [5, 5.41) is 12.1. The Morgan fingerprint density at radius 1 is 1.24 bits per heavy atom. The van der Waals surface area contributed by atoms with E-state index in [2.05, 4.69) is 5.32 Å². The number of furan rings is 1. The second-order valence-electron chi connectivity index (χ2n) is 4.96. The smallest absolute Gasteiger partial charge is 0.228 e. The zero-order chi connectivity index (χ0) is 15.1. The van der Waals surface area contributed by atoms with Gasteiger partial charge >= 0.3 is 0 Å². The van der Waals surface area contributed by atoms with Gasteiger partial charge in [0.15, 0.2) is 0 Å². The summed E-state index contributed by atoms with van der Waals surface area (Å²) in [5.74, 6) is 0.432. The number of aliphatic hydroxyl groups excluding tert-OH is 1. The predicted octanol–water partition coefficient (Wildman–Crippen LogP) is 3.01.